The summed E-state index contributed by atoms with van der Waals surface area (Å²) < 4.78 is 7.24. The van der Waals surface area contributed by atoms with Crippen LogP contribution in [-0.2, 0) is 0 Å². The molecule has 2 N–H and O–H groups in total. The monoisotopic (exact) mass is 292 g/mol. The molecule has 2 heterocycles. The van der Waals surface area contributed by atoms with Gasteiger partial charge in [-0.15, -0.1) is 0 Å². The second-order valence-electron chi connectivity index (χ2n) is 5.94. The summed E-state index contributed by atoms with van der Waals surface area (Å²) in [5.74, 6) is 1.46. The first-order chi connectivity index (χ1) is 9.93. The van der Waals surface area contributed by atoms with Crippen molar-refractivity contribution in [3.05, 3.63) is 6.33 Å². The quantitative estimate of drug-likeness (QED) is 0.870. The Kier molecular flexibility index (Phi) is 4.62. The normalized spacial score (nSPS) is 13.3. The molecule has 0 aliphatic carbocycles. The number of hydrogen-bond acceptors (Lipinski definition) is 6. The number of rotatable bonds is 6. The molecule has 0 amide bonds. The molecule has 0 aliphatic heterocycles. The van der Waals surface area contributed by atoms with Gasteiger partial charge < -0.3 is 15.4 Å². The maximum atomic E-state index is 6.14. The maximum Gasteiger partial charge on any atom is 0.245 e. The zero-order chi connectivity index (χ0) is 15.6. The highest BCUT2D eigenvalue weighted by Crippen LogP contribution is 2.29. The molecule has 0 bridgehead atoms. The SMILES string of the molecule is COc1ncnc2c1nc(N)n2C(CC(C)C)CN(C)C. The van der Waals surface area contributed by atoms with Gasteiger partial charge in [-0.1, -0.05) is 13.8 Å². The molecule has 0 spiro atoms. The highest BCUT2D eigenvalue weighted by molar-refractivity contribution is 5.79. The minimum Gasteiger partial charge on any atom is -0.479 e. The van der Waals surface area contributed by atoms with Crippen LogP contribution in [0.5, 0.6) is 5.88 Å². The average molecular weight is 292 g/mol. The molecule has 1 atom stereocenters. The Balaban J connectivity index is 2.53. The lowest BCUT2D eigenvalue weighted by Crippen LogP contribution is -2.26. The van der Waals surface area contributed by atoms with Crippen LogP contribution in [0.3, 0.4) is 0 Å². The van der Waals surface area contributed by atoms with Crippen molar-refractivity contribution >= 4 is 17.1 Å². The number of nitrogens with two attached hydrogens (primary N) is 1. The fourth-order valence-corrected chi connectivity index (χ4v) is 2.64. The fourth-order valence-electron chi connectivity index (χ4n) is 2.64. The first-order valence-electron chi connectivity index (χ1n) is 7.11. The third-order valence-electron chi connectivity index (χ3n) is 3.35. The number of nitrogens with zero attached hydrogens (tertiary/aromatic N) is 5. The molecule has 0 fully saturated rings. The Bertz CT molecular complexity index is 597. The van der Waals surface area contributed by atoms with Gasteiger partial charge in [-0.05, 0) is 26.4 Å². The molecule has 2 aromatic heterocycles. The van der Waals surface area contributed by atoms with Gasteiger partial charge in [-0.2, -0.15) is 4.98 Å². The Morgan fingerprint density at radius 1 is 1.33 bits per heavy atom. The molecule has 2 rings (SSSR count). The van der Waals surface area contributed by atoms with Crippen LogP contribution in [0, 0.1) is 5.92 Å². The van der Waals surface area contributed by atoms with Crippen LogP contribution in [0.25, 0.3) is 11.2 Å². The minimum absolute atomic E-state index is 0.213. The molecular formula is C14H24N6O. The van der Waals surface area contributed by atoms with E-state index >= 15 is 0 Å². The predicted molar refractivity (Wildman–Crippen MR) is 83.3 cm³/mol. The molecular weight excluding hydrogens is 268 g/mol. The number of ether oxygens (including phenoxy) is 1. The summed E-state index contributed by atoms with van der Waals surface area (Å²) in [4.78, 5) is 15.0. The van der Waals surface area contributed by atoms with E-state index in [1.807, 2.05) is 4.57 Å². The van der Waals surface area contributed by atoms with E-state index in [-0.39, 0.29) is 6.04 Å². The third kappa shape index (κ3) is 3.24. The topological polar surface area (TPSA) is 82.1 Å². The summed E-state index contributed by atoms with van der Waals surface area (Å²) in [6.45, 7) is 5.28. The van der Waals surface area contributed by atoms with Crippen molar-refractivity contribution in [2.75, 3.05) is 33.5 Å². The number of hydrogen-bond donors (Lipinski definition) is 1. The number of likely N-dealkylation sites (N-methyl/N-ethyl adjacent to an activating group) is 1. The second kappa shape index (κ2) is 6.26. The predicted octanol–water partition coefficient (Wildman–Crippen LogP) is 1.57. The zero-order valence-electron chi connectivity index (χ0n) is 13.4. The lowest BCUT2D eigenvalue weighted by molar-refractivity contribution is 0.294. The molecule has 0 saturated heterocycles. The van der Waals surface area contributed by atoms with Crippen LogP contribution < -0.4 is 10.5 Å². The van der Waals surface area contributed by atoms with Crippen LogP contribution >= 0.6 is 0 Å². The van der Waals surface area contributed by atoms with Gasteiger partial charge in [0, 0.05) is 6.54 Å². The van der Waals surface area contributed by atoms with E-state index in [1.54, 1.807) is 7.11 Å². The van der Waals surface area contributed by atoms with Crippen LogP contribution in [0.1, 0.15) is 26.3 Å². The van der Waals surface area contributed by atoms with Crippen molar-refractivity contribution < 1.29 is 4.74 Å². The van der Waals surface area contributed by atoms with Crippen LogP contribution in [0.4, 0.5) is 5.95 Å². The second-order valence-corrected chi connectivity index (χ2v) is 5.94. The number of nitrogen functional groups attached to an aromatic ring is 1. The van der Waals surface area contributed by atoms with E-state index in [9.17, 15) is 0 Å². The van der Waals surface area contributed by atoms with Crippen LogP contribution in [0.2, 0.25) is 0 Å². The lowest BCUT2D eigenvalue weighted by atomic mass is 10.0. The lowest BCUT2D eigenvalue weighted by Gasteiger charge is -2.25. The van der Waals surface area contributed by atoms with E-state index in [1.165, 1.54) is 6.33 Å². The van der Waals surface area contributed by atoms with E-state index in [0.29, 0.717) is 23.3 Å². The molecule has 1 unspecified atom stereocenters. The minimum atomic E-state index is 0.213. The van der Waals surface area contributed by atoms with Crippen LogP contribution in [0.15, 0.2) is 6.33 Å². The first-order valence-corrected chi connectivity index (χ1v) is 7.11. The largest absolute Gasteiger partial charge is 0.479 e. The molecule has 0 saturated carbocycles. The summed E-state index contributed by atoms with van der Waals surface area (Å²) in [6, 6.07) is 0.213. The summed E-state index contributed by atoms with van der Waals surface area (Å²) in [5, 5.41) is 0. The highest BCUT2D eigenvalue weighted by atomic mass is 16.5. The zero-order valence-corrected chi connectivity index (χ0v) is 13.4. The summed E-state index contributed by atoms with van der Waals surface area (Å²) in [5.41, 5.74) is 7.48. The molecule has 7 heteroatoms. The Morgan fingerprint density at radius 2 is 2.05 bits per heavy atom. The Hall–Kier alpha value is -1.89. The van der Waals surface area contributed by atoms with Gasteiger partial charge in [0.1, 0.15) is 6.33 Å². The van der Waals surface area contributed by atoms with Crippen molar-refractivity contribution in [2.24, 2.45) is 5.92 Å². The van der Waals surface area contributed by atoms with Crippen molar-refractivity contribution in [1.29, 1.82) is 0 Å². The third-order valence-corrected chi connectivity index (χ3v) is 3.35. The smallest absolute Gasteiger partial charge is 0.245 e. The maximum absolute atomic E-state index is 6.14. The molecule has 7 nitrogen and oxygen atoms in total. The number of imidazole rings is 1. The van der Waals surface area contributed by atoms with Gasteiger partial charge in [-0.3, -0.25) is 4.57 Å². The highest BCUT2D eigenvalue weighted by Gasteiger charge is 2.22. The molecule has 2 aromatic rings. The first kappa shape index (κ1) is 15.5. The fraction of sp³-hybridized carbons (Fsp3) is 0.643. The van der Waals surface area contributed by atoms with Gasteiger partial charge in [0.25, 0.3) is 0 Å². The Labute approximate surface area is 125 Å². The van der Waals surface area contributed by atoms with Gasteiger partial charge in [0.2, 0.25) is 11.8 Å². The van der Waals surface area contributed by atoms with E-state index in [2.05, 4.69) is 47.8 Å². The molecule has 116 valence electrons. The van der Waals surface area contributed by atoms with Crippen molar-refractivity contribution in [2.45, 2.75) is 26.3 Å². The molecule has 21 heavy (non-hydrogen) atoms. The summed E-state index contributed by atoms with van der Waals surface area (Å²) >= 11 is 0. The van der Waals surface area contributed by atoms with Gasteiger partial charge in [0.15, 0.2) is 11.2 Å². The van der Waals surface area contributed by atoms with Crippen LogP contribution in [-0.4, -0.2) is 52.2 Å². The molecule has 0 aliphatic rings. The number of anilines is 1. The van der Waals surface area contributed by atoms with E-state index in [0.717, 1.165) is 18.6 Å². The number of methoxy groups -OCH3 is 1. The molecule has 0 radical (unpaired) electrons. The van der Waals surface area contributed by atoms with Gasteiger partial charge in [0.05, 0.1) is 13.2 Å². The van der Waals surface area contributed by atoms with E-state index < -0.39 is 0 Å². The van der Waals surface area contributed by atoms with Crippen molar-refractivity contribution in [3.63, 3.8) is 0 Å². The summed E-state index contributed by atoms with van der Waals surface area (Å²) in [6.07, 6.45) is 2.49. The van der Waals surface area contributed by atoms with Gasteiger partial charge >= 0.3 is 0 Å². The van der Waals surface area contributed by atoms with Crippen molar-refractivity contribution in [1.82, 2.24) is 24.4 Å². The van der Waals surface area contributed by atoms with Gasteiger partial charge in [-0.25, -0.2) is 9.97 Å². The standard InChI is InChI=1S/C14H24N6O/c1-9(2)6-10(7-19(3)4)20-12-11(18-14(20)15)13(21-5)17-8-16-12/h8-10H,6-7H2,1-5H3,(H2,15,18). The van der Waals surface area contributed by atoms with Crippen molar-refractivity contribution in [3.8, 4) is 5.88 Å². The number of fused-ring (bicyclic) bond motifs is 1. The van der Waals surface area contributed by atoms with E-state index in [4.69, 9.17) is 10.5 Å². The Morgan fingerprint density at radius 3 is 2.62 bits per heavy atom. The molecule has 0 aromatic carbocycles. The summed E-state index contributed by atoms with van der Waals surface area (Å²) in [7, 11) is 5.68. The number of aromatic nitrogens is 4. The average Bonchev–Trinajstić information content (AvgIpc) is 2.72.